The molecule has 0 heterocycles. The van der Waals surface area contributed by atoms with Crippen LogP contribution in [0.1, 0.15) is 71.4 Å². The fourth-order valence-electron chi connectivity index (χ4n) is 6.95. The van der Waals surface area contributed by atoms with Crippen molar-refractivity contribution in [2.75, 3.05) is 7.11 Å². The van der Waals surface area contributed by atoms with Crippen LogP contribution in [0.15, 0.2) is 36.4 Å². The Labute approximate surface area is 243 Å². The smallest absolute Gasteiger partial charge is 0.342 e. The number of Topliss-reactive ketones (excluding diaryl/α,β-unsaturated/α-hetero) is 3. The summed E-state index contributed by atoms with van der Waals surface area (Å²) >= 11 is 0. The van der Waals surface area contributed by atoms with Crippen LogP contribution in [0.3, 0.4) is 0 Å². The van der Waals surface area contributed by atoms with Crippen molar-refractivity contribution in [2.24, 2.45) is 11.3 Å². The normalized spacial score (nSPS) is 21.8. The summed E-state index contributed by atoms with van der Waals surface area (Å²) in [7, 11) is 1.04. The predicted octanol–water partition coefficient (Wildman–Crippen LogP) is 3.18. The standard InChI is InChI=1S/C32H26O11/c1-12-7-16-23(19(35)8-12)29(40)26-27(38)14-5-6-32(26,30(16)41)11-13-9-20(36)25(28(39)22(13)14)21(37)10-15-17(33)3-4-18(34)24(15)31(42)43-2/h3-5,7-9,26,29,33-36,39-40H,6,10-11H2,1-2H3/t26?,29?,32-/m0/s1. The Morgan fingerprint density at radius 2 is 1.65 bits per heavy atom. The fraction of sp³-hybridized carbons (Fsp3) is 0.250. The van der Waals surface area contributed by atoms with Crippen molar-refractivity contribution >= 4 is 28.9 Å². The summed E-state index contributed by atoms with van der Waals surface area (Å²) in [5.41, 5.74) is -2.22. The lowest BCUT2D eigenvalue weighted by atomic mass is 9.56. The molecule has 4 aliphatic carbocycles. The number of aromatic hydroxyl groups is 5. The molecule has 43 heavy (non-hydrogen) atoms. The number of aliphatic hydroxyl groups is 1. The van der Waals surface area contributed by atoms with Gasteiger partial charge in [-0.05, 0) is 61.2 Å². The van der Waals surface area contributed by atoms with Crippen LogP contribution in [-0.2, 0) is 22.4 Å². The van der Waals surface area contributed by atoms with Crippen LogP contribution in [0, 0.1) is 18.3 Å². The Kier molecular flexibility index (Phi) is 6.14. The first kappa shape index (κ1) is 28.0. The zero-order valence-electron chi connectivity index (χ0n) is 23.0. The number of aliphatic hydroxyl groups excluding tert-OH is 1. The molecule has 220 valence electrons. The van der Waals surface area contributed by atoms with E-state index in [-0.39, 0.29) is 52.0 Å². The van der Waals surface area contributed by atoms with Gasteiger partial charge in [-0.3, -0.25) is 14.4 Å². The Morgan fingerprint density at radius 1 is 0.953 bits per heavy atom. The van der Waals surface area contributed by atoms with E-state index in [1.54, 1.807) is 6.92 Å². The number of hydrogen-bond donors (Lipinski definition) is 6. The molecular weight excluding hydrogens is 560 g/mol. The number of aryl methyl sites for hydroxylation is 1. The monoisotopic (exact) mass is 586 g/mol. The van der Waals surface area contributed by atoms with E-state index in [1.165, 1.54) is 24.3 Å². The number of rotatable bonds is 4. The number of ketones is 3. The highest BCUT2D eigenvalue weighted by Crippen LogP contribution is 2.60. The maximum Gasteiger partial charge on any atom is 0.342 e. The van der Waals surface area contributed by atoms with Gasteiger partial charge in [0.15, 0.2) is 17.3 Å². The largest absolute Gasteiger partial charge is 0.508 e. The van der Waals surface area contributed by atoms with Crippen LogP contribution in [0.2, 0.25) is 0 Å². The third-order valence-electron chi connectivity index (χ3n) is 8.83. The van der Waals surface area contributed by atoms with Crippen molar-refractivity contribution in [3.63, 3.8) is 0 Å². The van der Waals surface area contributed by atoms with Crippen LogP contribution in [-0.4, -0.2) is 61.1 Å². The quantitative estimate of drug-likeness (QED) is 0.149. The molecule has 0 saturated heterocycles. The van der Waals surface area contributed by atoms with Gasteiger partial charge in [-0.2, -0.15) is 0 Å². The van der Waals surface area contributed by atoms with Crippen molar-refractivity contribution in [3.05, 3.63) is 80.9 Å². The third kappa shape index (κ3) is 3.77. The highest BCUT2D eigenvalue weighted by Gasteiger charge is 2.60. The highest BCUT2D eigenvalue weighted by molar-refractivity contribution is 6.28. The minimum Gasteiger partial charge on any atom is -0.508 e. The lowest BCUT2D eigenvalue weighted by molar-refractivity contribution is -0.127. The van der Waals surface area contributed by atoms with Crippen LogP contribution < -0.4 is 0 Å². The number of benzene rings is 3. The molecular formula is C32H26O11. The molecule has 0 fully saturated rings. The molecule has 3 aromatic rings. The molecule has 0 radical (unpaired) electrons. The molecule has 4 aliphatic rings. The van der Waals surface area contributed by atoms with E-state index in [0.29, 0.717) is 5.56 Å². The molecule has 2 bridgehead atoms. The number of carbonyl (C=O) groups is 4. The van der Waals surface area contributed by atoms with E-state index in [4.69, 9.17) is 0 Å². The van der Waals surface area contributed by atoms with Gasteiger partial charge in [-0.15, -0.1) is 0 Å². The summed E-state index contributed by atoms with van der Waals surface area (Å²) in [5.74, 6) is -7.29. The molecule has 0 amide bonds. The van der Waals surface area contributed by atoms with Gasteiger partial charge < -0.3 is 35.4 Å². The molecule has 1 spiro atoms. The Balaban J connectivity index is 1.48. The summed E-state index contributed by atoms with van der Waals surface area (Å²) < 4.78 is 4.65. The molecule has 0 aliphatic heterocycles. The van der Waals surface area contributed by atoms with Crippen LogP contribution >= 0.6 is 0 Å². The Bertz CT molecular complexity index is 1850. The predicted molar refractivity (Wildman–Crippen MR) is 148 cm³/mol. The van der Waals surface area contributed by atoms with Gasteiger partial charge in [0, 0.05) is 34.2 Å². The number of carbonyl (C=O) groups excluding carboxylic acids is 4. The van der Waals surface area contributed by atoms with Gasteiger partial charge in [0.25, 0.3) is 0 Å². The van der Waals surface area contributed by atoms with E-state index >= 15 is 0 Å². The van der Waals surface area contributed by atoms with E-state index < -0.39 is 81.3 Å². The minimum absolute atomic E-state index is 0.0145. The van der Waals surface area contributed by atoms with Crippen LogP contribution in [0.25, 0.3) is 5.57 Å². The number of phenols is 5. The minimum atomic E-state index is -1.54. The van der Waals surface area contributed by atoms with Gasteiger partial charge in [0.05, 0.1) is 24.5 Å². The first-order valence-corrected chi connectivity index (χ1v) is 13.4. The van der Waals surface area contributed by atoms with Gasteiger partial charge >= 0.3 is 5.97 Å². The Morgan fingerprint density at radius 3 is 2.35 bits per heavy atom. The molecule has 11 heteroatoms. The maximum absolute atomic E-state index is 14.0. The van der Waals surface area contributed by atoms with Gasteiger partial charge in [-0.25, -0.2) is 4.79 Å². The second-order valence-corrected chi connectivity index (χ2v) is 11.2. The van der Waals surface area contributed by atoms with Crippen molar-refractivity contribution in [1.29, 1.82) is 0 Å². The molecule has 3 atom stereocenters. The number of methoxy groups -OCH3 is 1. The number of esters is 1. The fourth-order valence-corrected chi connectivity index (χ4v) is 6.95. The first-order chi connectivity index (χ1) is 20.3. The van der Waals surface area contributed by atoms with Crippen LogP contribution in [0.4, 0.5) is 0 Å². The number of ether oxygens (including phenoxy) is 1. The average molecular weight is 587 g/mol. The summed E-state index contributed by atoms with van der Waals surface area (Å²) in [6.45, 7) is 1.68. The topological polar surface area (TPSA) is 199 Å². The van der Waals surface area contributed by atoms with E-state index in [2.05, 4.69) is 4.74 Å². The molecule has 0 saturated carbocycles. The number of fused-ring (bicyclic) bond motifs is 2. The summed E-state index contributed by atoms with van der Waals surface area (Å²) in [5, 5.41) is 65.0. The number of allylic oxidation sites excluding steroid dienone is 2. The van der Waals surface area contributed by atoms with Gasteiger partial charge in [0.2, 0.25) is 0 Å². The molecule has 3 aromatic carbocycles. The molecule has 2 unspecified atom stereocenters. The Hall–Kier alpha value is -5.16. The summed E-state index contributed by atoms with van der Waals surface area (Å²) in [6.07, 6.45) is -0.980. The summed E-state index contributed by atoms with van der Waals surface area (Å²) in [4.78, 5) is 53.8. The zero-order valence-corrected chi connectivity index (χ0v) is 23.0. The SMILES string of the molecule is COC(=O)c1c(O)ccc(O)c1CC(=O)c1c(O)cc2c(c1O)C1=CC[C@@]3(C2)C(=O)c2cc(C)cc(O)c2C(O)C3C1=O. The lowest BCUT2D eigenvalue weighted by Crippen LogP contribution is -2.51. The average Bonchev–Trinajstić information content (AvgIpc) is 3.16. The lowest BCUT2D eigenvalue weighted by Gasteiger charge is -2.45. The number of phenolic OH excluding ortho intramolecular Hbond substituents is 5. The molecule has 0 aromatic heterocycles. The van der Waals surface area contributed by atoms with E-state index in [1.807, 2.05) is 0 Å². The van der Waals surface area contributed by atoms with Crippen molar-refractivity contribution < 1.29 is 54.6 Å². The van der Waals surface area contributed by atoms with E-state index in [9.17, 15) is 49.8 Å². The molecule has 7 rings (SSSR count). The maximum atomic E-state index is 14.0. The van der Waals surface area contributed by atoms with E-state index in [0.717, 1.165) is 19.2 Å². The van der Waals surface area contributed by atoms with Gasteiger partial charge in [0.1, 0.15) is 39.9 Å². The van der Waals surface area contributed by atoms with Crippen molar-refractivity contribution in [2.45, 2.75) is 32.3 Å². The van der Waals surface area contributed by atoms with Crippen molar-refractivity contribution in [1.82, 2.24) is 0 Å². The molecule has 11 nitrogen and oxygen atoms in total. The zero-order chi connectivity index (χ0) is 31.1. The van der Waals surface area contributed by atoms with Gasteiger partial charge in [-0.1, -0.05) is 6.08 Å². The third-order valence-corrected chi connectivity index (χ3v) is 8.83. The van der Waals surface area contributed by atoms with Crippen molar-refractivity contribution in [3.8, 4) is 28.7 Å². The molecule has 6 N–H and O–H groups in total. The first-order valence-electron chi connectivity index (χ1n) is 13.4. The summed E-state index contributed by atoms with van der Waals surface area (Å²) in [6, 6.07) is 6.19. The second-order valence-electron chi connectivity index (χ2n) is 11.2. The second kappa shape index (κ2) is 9.43. The highest BCUT2D eigenvalue weighted by atomic mass is 16.5. The number of hydrogen-bond acceptors (Lipinski definition) is 11. The van der Waals surface area contributed by atoms with Crippen LogP contribution in [0.5, 0.6) is 28.7 Å².